The molecule has 3 rings (SSSR count). The van der Waals surface area contributed by atoms with E-state index < -0.39 is 0 Å². The highest BCUT2D eigenvalue weighted by molar-refractivity contribution is 5.92. The summed E-state index contributed by atoms with van der Waals surface area (Å²) < 4.78 is 10.7. The fourth-order valence-corrected chi connectivity index (χ4v) is 4.36. The maximum Gasteiger partial charge on any atom is 0.276 e. The van der Waals surface area contributed by atoms with E-state index in [-0.39, 0.29) is 5.91 Å². The van der Waals surface area contributed by atoms with E-state index in [9.17, 15) is 4.79 Å². The number of amides is 1. The van der Waals surface area contributed by atoms with Gasteiger partial charge in [0.15, 0.2) is 5.69 Å². The van der Waals surface area contributed by atoms with Gasteiger partial charge in [-0.05, 0) is 62.3 Å². The van der Waals surface area contributed by atoms with Gasteiger partial charge in [-0.25, -0.2) is 0 Å². The standard InChI is InChI=1S/C25H37N3O3/c1-5-28(25(29)24-16-23(31-26-24)14-19(2)3)18-21-9-7-12-27(17-21)13-11-20-8-6-10-22(15-20)30-4/h6,8,10,15-16,19,21H,5,7,9,11-14,17-18H2,1-4H3/t21-/m1/s1. The van der Waals surface area contributed by atoms with E-state index in [0.717, 1.165) is 57.0 Å². The monoisotopic (exact) mass is 427 g/mol. The molecule has 6 nitrogen and oxygen atoms in total. The Balaban J connectivity index is 1.52. The van der Waals surface area contributed by atoms with Crippen molar-refractivity contribution in [2.75, 3.05) is 39.8 Å². The van der Waals surface area contributed by atoms with Crippen LogP contribution in [0.2, 0.25) is 0 Å². The Morgan fingerprint density at radius 2 is 2.19 bits per heavy atom. The highest BCUT2D eigenvalue weighted by atomic mass is 16.5. The molecule has 1 aromatic heterocycles. The summed E-state index contributed by atoms with van der Waals surface area (Å²) in [6, 6.07) is 10.1. The molecular formula is C25H37N3O3. The van der Waals surface area contributed by atoms with Crippen LogP contribution in [0.25, 0.3) is 0 Å². The van der Waals surface area contributed by atoms with Gasteiger partial charge in [0.05, 0.1) is 7.11 Å². The van der Waals surface area contributed by atoms with Gasteiger partial charge in [0.2, 0.25) is 0 Å². The van der Waals surface area contributed by atoms with Crippen molar-refractivity contribution in [3.8, 4) is 5.75 Å². The Hall–Kier alpha value is -2.34. The molecule has 1 aromatic carbocycles. The third-order valence-electron chi connectivity index (χ3n) is 5.99. The van der Waals surface area contributed by atoms with E-state index >= 15 is 0 Å². The van der Waals surface area contributed by atoms with Crippen molar-refractivity contribution in [1.29, 1.82) is 0 Å². The van der Waals surface area contributed by atoms with Gasteiger partial charge in [-0.1, -0.05) is 31.1 Å². The number of rotatable bonds is 10. The Labute approximate surface area is 186 Å². The van der Waals surface area contributed by atoms with Crippen LogP contribution in [0.4, 0.5) is 0 Å². The molecule has 6 heteroatoms. The van der Waals surface area contributed by atoms with Crippen LogP contribution in [0.15, 0.2) is 34.9 Å². The van der Waals surface area contributed by atoms with E-state index in [1.54, 1.807) is 7.11 Å². The third kappa shape index (κ3) is 6.82. The average molecular weight is 428 g/mol. The van der Waals surface area contributed by atoms with Gasteiger partial charge in [0.1, 0.15) is 11.5 Å². The third-order valence-corrected chi connectivity index (χ3v) is 5.99. The van der Waals surface area contributed by atoms with Crippen LogP contribution in [-0.2, 0) is 12.8 Å². The number of aromatic nitrogens is 1. The normalized spacial score (nSPS) is 17.1. The fraction of sp³-hybridized carbons (Fsp3) is 0.600. The van der Waals surface area contributed by atoms with Gasteiger partial charge in [-0.2, -0.15) is 0 Å². The number of methoxy groups -OCH3 is 1. The first-order valence-electron chi connectivity index (χ1n) is 11.6. The first kappa shape index (κ1) is 23.3. The molecule has 0 saturated carbocycles. The number of ether oxygens (including phenoxy) is 1. The van der Waals surface area contributed by atoms with Crippen molar-refractivity contribution >= 4 is 5.91 Å². The number of hydrogen-bond donors (Lipinski definition) is 0. The smallest absolute Gasteiger partial charge is 0.276 e. The number of piperidine rings is 1. The second-order valence-corrected chi connectivity index (χ2v) is 9.03. The summed E-state index contributed by atoms with van der Waals surface area (Å²) in [7, 11) is 1.71. The lowest BCUT2D eigenvalue weighted by atomic mass is 9.96. The van der Waals surface area contributed by atoms with Crippen molar-refractivity contribution in [1.82, 2.24) is 15.0 Å². The van der Waals surface area contributed by atoms with E-state index in [0.29, 0.717) is 24.1 Å². The molecule has 2 aromatic rings. The predicted molar refractivity (Wildman–Crippen MR) is 122 cm³/mol. The topological polar surface area (TPSA) is 58.8 Å². The SMILES string of the molecule is CCN(C[C@@H]1CCCN(CCc2cccc(OC)c2)C1)C(=O)c1cc(CC(C)C)on1. The maximum absolute atomic E-state index is 13.0. The van der Waals surface area contributed by atoms with E-state index in [1.807, 2.05) is 30.0 Å². The predicted octanol–water partition coefficient (Wildman–Crippen LogP) is 4.30. The molecule has 0 N–H and O–H groups in total. The lowest BCUT2D eigenvalue weighted by Gasteiger charge is -2.35. The van der Waals surface area contributed by atoms with Crippen LogP contribution in [0.1, 0.15) is 55.4 Å². The molecule has 2 heterocycles. The van der Waals surface area contributed by atoms with E-state index in [2.05, 4.69) is 36.0 Å². The quantitative estimate of drug-likeness (QED) is 0.566. The minimum absolute atomic E-state index is 0.0187. The van der Waals surface area contributed by atoms with Gasteiger partial charge in [-0.3, -0.25) is 4.79 Å². The lowest BCUT2D eigenvalue weighted by Crippen LogP contribution is -2.43. The minimum atomic E-state index is -0.0187. The average Bonchev–Trinajstić information content (AvgIpc) is 3.23. The zero-order chi connectivity index (χ0) is 22.2. The van der Waals surface area contributed by atoms with Crippen LogP contribution < -0.4 is 4.74 Å². The van der Waals surface area contributed by atoms with Crippen LogP contribution in [0.3, 0.4) is 0 Å². The largest absolute Gasteiger partial charge is 0.497 e. The Bertz CT molecular complexity index is 833. The second-order valence-electron chi connectivity index (χ2n) is 9.03. The van der Waals surface area contributed by atoms with Crippen LogP contribution >= 0.6 is 0 Å². The van der Waals surface area contributed by atoms with Crippen molar-refractivity contribution in [2.45, 2.75) is 46.5 Å². The zero-order valence-corrected chi connectivity index (χ0v) is 19.5. The summed E-state index contributed by atoms with van der Waals surface area (Å²) in [5.74, 6) is 2.65. The van der Waals surface area contributed by atoms with Crippen LogP contribution in [0, 0.1) is 11.8 Å². The molecule has 0 aliphatic carbocycles. The molecule has 0 radical (unpaired) electrons. The summed E-state index contributed by atoms with van der Waals surface area (Å²) in [6.45, 7) is 11.0. The van der Waals surface area contributed by atoms with E-state index in [1.165, 1.54) is 12.0 Å². The molecule has 0 unspecified atom stereocenters. The molecule has 1 atom stereocenters. The highest BCUT2D eigenvalue weighted by Crippen LogP contribution is 2.20. The fourth-order valence-electron chi connectivity index (χ4n) is 4.36. The van der Waals surface area contributed by atoms with Crippen LogP contribution in [-0.4, -0.2) is 60.7 Å². The van der Waals surface area contributed by atoms with Gasteiger partial charge < -0.3 is 19.1 Å². The summed E-state index contributed by atoms with van der Waals surface area (Å²) in [5, 5.41) is 4.04. The van der Waals surface area contributed by atoms with E-state index in [4.69, 9.17) is 9.26 Å². The van der Waals surface area contributed by atoms with Crippen molar-refractivity contribution in [3.05, 3.63) is 47.3 Å². The van der Waals surface area contributed by atoms with Gasteiger partial charge in [0, 0.05) is 38.7 Å². The van der Waals surface area contributed by atoms with Crippen molar-refractivity contribution in [3.63, 3.8) is 0 Å². The maximum atomic E-state index is 13.0. The van der Waals surface area contributed by atoms with Gasteiger partial charge in [0.25, 0.3) is 5.91 Å². The molecule has 0 bridgehead atoms. The number of benzene rings is 1. The van der Waals surface area contributed by atoms with Gasteiger partial charge in [-0.15, -0.1) is 0 Å². The molecule has 1 aliphatic heterocycles. The Morgan fingerprint density at radius 1 is 1.35 bits per heavy atom. The second kappa shape index (κ2) is 11.3. The summed E-state index contributed by atoms with van der Waals surface area (Å²) >= 11 is 0. The molecule has 1 saturated heterocycles. The van der Waals surface area contributed by atoms with Gasteiger partial charge >= 0.3 is 0 Å². The Kier molecular flexibility index (Phi) is 8.52. The molecule has 1 amide bonds. The van der Waals surface area contributed by atoms with Crippen molar-refractivity contribution < 1.29 is 14.1 Å². The first-order valence-corrected chi connectivity index (χ1v) is 11.6. The summed E-state index contributed by atoms with van der Waals surface area (Å²) in [4.78, 5) is 17.4. The number of likely N-dealkylation sites (tertiary alicyclic amines) is 1. The van der Waals surface area contributed by atoms with Crippen molar-refractivity contribution in [2.24, 2.45) is 11.8 Å². The number of carbonyl (C=O) groups is 1. The first-order chi connectivity index (χ1) is 15.0. The summed E-state index contributed by atoms with van der Waals surface area (Å²) in [5.41, 5.74) is 1.73. The minimum Gasteiger partial charge on any atom is -0.497 e. The molecule has 1 fully saturated rings. The number of hydrogen-bond acceptors (Lipinski definition) is 5. The molecule has 31 heavy (non-hydrogen) atoms. The molecule has 170 valence electrons. The zero-order valence-electron chi connectivity index (χ0n) is 19.5. The molecular weight excluding hydrogens is 390 g/mol. The van der Waals surface area contributed by atoms with Crippen LogP contribution in [0.5, 0.6) is 5.75 Å². The summed E-state index contributed by atoms with van der Waals surface area (Å²) in [6.07, 6.45) is 4.16. The Morgan fingerprint density at radius 3 is 2.94 bits per heavy atom. The number of carbonyl (C=O) groups excluding carboxylic acids is 1. The molecule has 1 aliphatic rings. The highest BCUT2D eigenvalue weighted by Gasteiger charge is 2.25. The lowest BCUT2D eigenvalue weighted by molar-refractivity contribution is 0.0680. The number of nitrogens with zero attached hydrogens (tertiary/aromatic N) is 3. The molecule has 0 spiro atoms.